The highest BCUT2D eigenvalue weighted by atomic mass is 14.4. The molecular weight excluding hydrogens is 204 g/mol. The van der Waals surface area contributed by atoms with Crippen molar-refractivity contribution in [2.75, 3.05) is 0 Å². The van der Waals surface area contributed by atoms with Crippen LogP contribution < -0.4 is 0 Å². The van der Waals surface area contributed by atoms with Gasteiger partial charge in [-0.15, -0.1) is 0 Å². The van der Waals surface area contributed by atoms with E-state index >= 15 is 0 Å². The average molecular weight is 224 g/mol. The third kappa shape index (κ3) is 2.03. The van der Waals surface area contributed by atoms with Gasteiger partial charge in [-0.1, -0.05) is 71.0 Å². The first-order valence-corrected chi connectivity index (χ1v) is 5.62. The average Bonchev–Trinajstić information content (AvgIpc) is 2.28. The zero-order valence-electron chi connectivity index (χ0n) is 10.8. The molecule has 0 amide bonds. The van der Waals surface area contributed by atoms with E-state index in [1.807, 2.05) is 12.2 Å². The lowest BCUT2D eigenvalue weighted by Gasteiger charge is -2.39. The van der Waals surface area contributed by atoms with Crippen LogP contribution in [0.25, 0.3) is 0 Å². The lowest BCUT2D eigenvalue weighted by molar-refractivity contribution is 0.544. The summed E-state index contributed by atoms with van der Waals surface area (Å²) in [5.41, 5.74) is 4.92. The fourth-order valence-corrected chi connectivity index (χ4v) is 2.26. The van der Waals surface area contributed by atoms with Crippen molar-refractivity contribution in [1.82, 2.24) is 0 Å². The summed E-state index contributed by atoms with van der Waals surface area (Å²) in [5.74, 6) is 0. The van der Waals surface area contributed by atoms with Crippen molar-refractivity contribution in [1.29, 1.82) is 0 Å². The Morgan fingerprint density at radius 2 is 1.12 bits per heavy atom. The molecule has 1 aliphatic rings. The molecule has 0 N–H and O–H groups in total. The predicted octanol–water partition coefficient (Wildman–Crippen LogP) is 4.92. The van der Waals surface area contributed by atoms with Crippen molar-refractivity contribution >= 4 is 0 Å². The van der Waals surface area contributed by atoms with Crippen LogP contribution in [0.3, 0.4) is 0 Å². The quantitative estimate of drug-likeness (QED) is 0.624. The van der Waals surface area contributed by atoms with Crippen molar-refractivity contribution in [3.63, 3.8) is 0 Å². The van der Waals surface area contributed by atoms with E-state index in [2.05, 4.69) is 46.7 Å². The first-order valence-electron chi connectivity index (χ1n) is 5.62. The topological polar surface area (TPSA) is 0 Å². The van der Waals surface area contributed by atoms with Crippen LogP contribution in [-0.2, 0) is 0 Å². The molecule has 0 bridgehead atoms. The van der Waals surface area contributed by atoms with Crippen molar-refractivity contribution < 1.29 is 0 Å². The predicted molar refractivity (Wildman–Crippen MR) is 77.8 cm³/mol. The first kappa shape index (κ1) is 13.2. The van der Waals surface area contributed by atoms with Crippen LogP contribution in [0.15, 0.2) is 85.1 Å². The van der Waals surface area contributed by atoms with Crippen LogP contribution in [0, 0.1) is 5.41 Å². The van der Waals surface area contributed by atoms with Gasteiger partial charge in [-0.3, -0.25) is 0 Å². The van der Waals surface area contributed by atoms with Crippen LogP contribution in [0.1, 0.15) is 13.8 Å². The highest BCUT2D eigenvalue weighted by Gasteiger charge is 2.36. The number of rotatable bonds is 2. The fraction of sp³-hybridized carbons (Fsp3) is 0.176. The maximum Gasteiger partial charge on any atom is 0.0158 e. The van der Waals surface area contributed by atoms with E-state index in [4.69, 9.17) is 0 Å². The second kappa shape index (κ2) is 4.58. The van der Waals surface area contributed by atoms with Gasteiger partial charge < -0.3 is 0 Å². The first-order chi connectivity index (χ1) is 7.87. The Morgan fingerprint density at radius 3 is 1.41 bits per heavy atom. The van der Waals surface area contributed by atoms with Crippen molar-refractivity contribution in [2.45, 2.75) is 13.8 Å². The van der Waals surface area contributed by atoms with E-state index in [0.29, 0.717) is 0 Å². The van der Waals surface area contributed by atoms with Gasteiger partial charge in [-0.05, 0) is 27.9 Å². The molecule has 1 saturated carbocycles. The van der Waals surface area contributed by atoms with Crippen LogP contribution >= 0.6 is 0 Å². The van der Waals surface area contributed by atoms with Gasteiger partial charge >= 0.3 is 0 Å². The molecule has 1 aliphatic carbocycles. The molecule has 0 aromatic carbocycles. The minimum atomic E-state index is -0.141. The van der Waals surface area contributed by atoms with E-state index in [1.54, 1.807) is 12.2 Å². The standard InChI is InChI=1S/C17H20/c1-8-10-15-13(4)12(3)14(5)16(11-9-2)17(15,6)7/h8-11H,1-5H2,6-7H3/b15-10+,16-11+. The SMILES string of the molecule is C=C/C=C1\C(=C)C(=C)C(=C)/C(=C\C=C)C1(C)C. The summed E-state index contributed by atoms with van der Waals surface area (Å²) in [6.07, 6.45) is 7.57. The zero-order chi connectivity index (χ0) is 13.2. The smallest absolute Gasteiger partial charge is 0.0158 e. The minimum Gasteiger partial charge on any atom is -0.0991 e. The molecule has 17 heavy (non-hydrogen) atoms. The molecule has 0 unspecified atom stereocenters. The van der Waals surface area contributed by atoms with Gasteiger partial charge in [-0.2, -0.15) is 0 Å². The summed E-state index contributed by atoms with van der Waals surface area (Å²) in [6.45, 7) is 24.1. The Labute approximate surface area is 105 Å². The molecule has 1 fully saturated rings. The van der Waals surface area contributed by atoms with E-state index in [-0.39, 0.29) is 5.41 Å². The van der Waals surface area contributed by atoms with Gasteiger partial charge in [0.05, 0.1) is 0 Å². The summed E-state index contributed by atoms with van der Waals surface area (Å²) < 4.78 is 0. The molecule has 0 aromatic heterocycles. The molecule has 0 atom stereocenters. The van der Waals surface area contributed by atoms with Gasteiger partial charge in [0.25, 0.3) is 0 Å². The minimum absolute atomic E-state index is 0.141. The second-order valence-electron chi connectivity index (χ2n) is 4.69. The van der Waals surface area contributed by atoms with Gasteiger partial charge in [0, 0.05) is 5.41 Å². The Balaban J connectivity index is 3.52. The highest BCUT2D eigenvalue weighted by Crippen LogP contribution is 2.50. The van der Waals surface area contributed by atoms with E-state index in [1.165, 1.54) is 0 Å². The molecule has 0 heteroatoms. The number of allylic oxidation sites excluding steroid dienone is 9. The summed E-state index contributed by atoms with van der Waals surface area (Å²) >= 11 is 0. The van der Waals surface area contributed by atoms with E-state index < -0.39 is 0 Å². The molecular formula is C17H20. The lowest BCUT2D eigenvalue weighted by atomic mass is 9.64. The van der Waals surface area contributed by atoms with Crippen LogP contribution in [-0.4, -0.2) is 0 Å². The molecule has 0 radical (unpaired) electrons. The third-order valence-corrected chi connectivity index (χ3v) is 3.29. The molecule has 0 spiro atoms. The van der Waals surface area contributed by atoms with Crippen LogP contribution in [0.5, 0.6) is 0 Å². The monoisotopic (exact) mass is 224 g/mol. The zero-order valence-corrected chi connectivity index (χ0v) is 10.8. The van der Waals surface area contributed by atoms with Crippen molar-refractivity contribution in [3.05, 3.63) is 85.1 Å². The van der Waals surface area contributed by atoms with Crippen molar-refractivity contribution in [3.8, 4) is 0 Å². The van der Waals surface area contributed by atoms with Gasteiger partial charge in [0.2, 0.25) is 0 Å². The third-order valence-electron chi connectivity index (χ3n) is 3.29. The van der Waals surface area contributed by atoms with Crippen molar-refractivity contribution in [2.24, 2.45) is 5.41 Å². The van der Waals surface area contributed by atoms with E-state index in [0.717, 1.165) is 27.9 Å². The summed E-state index contributed by atoms with van der Waals surface area (Å²) in [6, 6.07) is 0. The van der Waals surface area contributed by atoms with Gasteiger partial charge in [-0.25, -0.2) is 0 Å². The summed E-state index contributed by atoms with van der Waals surface area (Å²) in [5, 5.41) is 0. The van der Waals surface area contributed by atoms with Gasteiger partial charge in [0.15, 0.2) is 0 Å². The van der Waals surface area contributed by atoms with Crippen LogP contribution in [0.2, 0.25) is 0 Å². The normalized spacial score (nSPS) is 24.2. The lowest BCUT2D eigenvalue weighted by Crippen LogP contribution is -2.26. The highest BCUT2D eigenvalue weighted by molar-refractivity contribution is 5.69. The maximum absolute atomic E-state index is 4.11. The number of hydrogen-bond donors (Lipinski definition) is 0. The molecule has 0 saturated heterocycles. The largest absolute Gasteiger partial charge is 0.0991 e. The Bertz CT molecular complexity index is 434. The van der Waals surface area contributed by atoms with E-state index in [9.17, 15) is 0 Å². The Morgan fingerprint density at radius 1 is 0.765 bits per heavy atom. The summed E-state index contributed by atoms with van der Waals surface area (Å²) in [7, 11) is 0. The molecule has 1 rings (SSSR count). The Hall–Kier alpha value is -1.82. The van der Waals surface area contributed by atoms with Gasteiger partial charge in [0.1, 0.15) is 0 Å². The molecule has 0 aromatic rings. The molecule has 88 valence electrons. The number of hydrogen-bond acceptors (Lipinski definition) is 0. The molecule has 0 aliphatic heterocycles. The second-order valence-corrected chi connectivity index (χ2v) is 4.69. The molecule has 0 heterocycles. The molecule has 0 nitrogen and oxygen atoms in total. The fourth-order valence-electron chi connectivity index (χ4n) is 2.26. The Kier molecular flexibility index (Phi) is 3.57. The maximum atomic E-state index is 4.11. The van der Waals surface area contributed by atoms with Crippen LogP contribution in [0.4, 0.5) is 0 Å². The summed E-state index contributed by atoms with van der Waals surface area (Å²) in [4.78, 5) is 0.